The van der Waals surface area contributed by atoms with Crippen LogP contribution in [0.15, 0.2) is 30.3 Å². The first-order valence-electron chi connectivity index (χ1n) is 9.43. The van der Waals surface area contributed by atoms with Gasteiger partial charge in [0.25, 0.3) is 0 Å². The maximum absolute atomic E-state index is 12.4. The Hall–Kier alpha value is -2.05. The summed E-state index contributed by atoms with van der Waals surface area (Å²) in [7, 11) is 0. The van der Waals surface area contributed by atoms with Gasteiger partial charge in [-0.1, -0.05) is 30.3 Å². The van der Waals surface area contributed by atoms with Gasteiger partial charge in [-0.15, -0.1) is 0 Å². The van der Waals surface area contributed by atoms with E-state index in [4.69, 9.17) is 0 Å². The summed E-state index contributed by atoms with van der Waals surface area (Å²) in [6, 6.07) is 9.98. The lowest BCUT2D eigenvalue weighted by Crippen LogP contribution is -2.53. The van der Waals surface area contributed by atoms with Crippen molar-refractivity contribution in [1.29, 1.82) is 0 Å². The van der Waals surface area contributed by atoms with Crippen LogP contribution in [0.2, 0.25) is 0 Å². The van der Waals surface area contributed by atoms with E-state index in [2.05, 4.69) is 0 Å². The molecule has 0 aromatic heterocycles. The summed E-state index contributed by atoms with van der Waals surface area (Å²) in [4.78, 5) is 27.3. The van der Waals surface area contributed by atoms with Crippen LogP contribution in [-0.2, 0) is 16.0 Å². The minimum Gasteiger partial charge on any atom is -0.342 e. The number of alkyl halides is 3. The Morgan fingerprint density at radius 1 is 1.07 bits per heavy atom. The summed E-state index contributed by atoms with van der Waals surface area (Å²) >= 11 is 0. The number of carbonyl (C=O) groups excluding carboxylic acids is 2. The van der Waals surface area contributed by atoms with E-state index in [0.29, 0.717) is 45.4 Å². The quantitative estimate of drug-likeness (QED) is 0.801. The average molecular weight is 382 g/mol. The minimum absolute atomic E-state index is 0.0698. The molecule has 27 heavy (non-hydrogen) atoms. The van der Waals surface area contributed by atoms with Crippen molar-refractivity contribution in [3.8, 4) is 0 Å². The molecule has 1 aromatic rings. The number of amides is 2. The van der Waals surface area contributed by atoms with E-state index in [-0.39, 0.29) is 11.3 Å². The van der Waals surface area contributed by atoms with Gasteiger partial charge in [-0.2, -0.15) is 13.2 Å². The number of likely N-dealkylation sites (tertiary alicyclic amines) is 2. The molecule has 4 nitrogen and oxygen atoms in total. The van der Waals surface area contributed by atoms with Crippen molar-refractivity contribution >= 4 is 11.8 Å². The Morgan fingerprint density at radius 3 is 2.37 bits per heavy atom. The van der Waals surface area contributed by atoms with Gasteiger partial charge in [0.2, 0.25) is 11.8 Å². The Morgan fingerprint density at radius 2 is 1.74 bits per heavy atom. The highest BCUT2D eigenvalue weighted by Crippen LogP contribution is 2.40. The largest absolute Gasteiger partial charge is 0.397 e. The molecule has 0 atom stereocenters. The molecule has 2 aliphatic heterocycles. The second-order valence-corrected chi connectivity index (χ2v) is 7.72. The first-order valence-corrected chi connectivity index (χ1v) is 9.43. The second kappa shape index (κ2) is 7.90. The van der Waals surface area contributed by atoms with Crippen LogP contribution in [0.3, 0.4) is 0 Å². The molecule has 0 saturated carbocycles. The highest BCUT2D eigenvalue weighted by atomic mass is 19.4. The molecule has 7 heteroatoms. The SMILES string of the molecule is O=C(CC(F)(F)F)N1CCC2(CCC(=O)N(CCc3ccccc3)C2)CC1. The summed E-state index contributed by atoms with van der Waals surface area (Å²) in [6.07, 6.45) is -2.50. The molecule has 2 fully saturated rings. The van der Waals surface area contributed by atoms with E-state index in [1.54, 1.807) is 0 Å². The maximum Gasteiger partial charge on any atom is 0.397 e. The smallest absolute Gasteiger partial charge is 0.342 e. The van der Waals surface area contributed by atoms with Crippen molar-refractivity contribution in [2.75, 3.05) is 26.2 Å². The van der Waals surface area contributed by atoms with Gasteiger partial charge in [0.15, 0.2) is 0 Å². The molecule has 0 aliphatic carbocycles. The highest BCUT2D eigenvalue weighted by molar-refractivity contribution is 5.78. The fraction of sp³-hybridized carbons (Fsp3) is 0.600. The number of rotatable bonds is 4. The molecule has 0 bridgehead atoms. The molecule has 0 radical (unpaired) electrons. The minimum atomic E-state index is -4.46. The summed E-state index contributed by atoms with van der Waals surface area (Å²) in [5.41, 5.74) is 1.11. The number of halogens is 3. The Kier molecular flexibility index (Phi) is 5.77. The van der Waals surface area contributed by atoms with E-state index in [9.17, 15) is 22.8 Å². The molecular formula is C20H25F3N2O2. The maximum atomic E-state index is 12.4. The van der Waals surface area contributed by atoms with Gasteiger partial charge in [0, 0.05) is 32.6 Å². The van der Waals surface area contributed by atoms with Crippen LogP contribution in [0.1, 0.15) is 37.7 Å². The lowest BCUT2D eigenvalue weighted by atomic mass is 9.72. The number of carbonyl (C=O) groups is 2. The normalized spacial score (nSPS) is 20.2. The first kappa shape index (κ1) is 19.7. The van der Waals surface area contributed by atoms with Crippen molar-refractivity contribution in [2.45, 2.75) is 44.7 Å². The standard InChI is InChI=1S/C20H25F3N2O2/c21-20(22,23)14-18(27)24-12-9-19(10-13-24)8-6-17(26)25(15-19)11-7-16-4-2-1-3-5-16/h1-5H,6-15H2. The second-order valence-electron chi connectivity index (χ2n) is 7.72. The van der Waals surface area contributed by atoms with Crippen LogP contribution < -0.4 is 0 Å². The molecule has 2 amide bonds. The van der Waals surface area contributed by atoms with Crippen molar-refractivity contribution in [3.63, 3.8) is 0 Å². The number of hydrogen-bond acceptors (Lipinski definition) is 2. The Bertz CT molecular complexity index is 668. The van der Waals surface area contributed by atoms with Crippen molar-refractivity contribution in [1.82, 2.24) is 9.80 Å². The number of hydrogen-bond donors (Lipinski definition) is 0. The third-order valence-corrected chi connectivity index (χ3v) is 5.79. The monoisotopic (exact) mass is 382 g/mol. The number of benzene rings is 1. The zero-order valence-corrected chi connectivity index (χ0v) is 15.3. The van der Waals surface area contributed by atoms with Gasteiger partial charge in [-0.05, 0) is 36.7 Å². The van der Waals surface area contributed by atoms with Crippen molar-refractivity contribution < 1.29 is 22.8 Å². The van der Waals surface area contributed by atoms with Crippen molar-refractivity contribution in [3.05, 3.63) is 35.9 Å². The molecule has 2 heterocycles. The Balaban J connectivity index is 1.54. The molecule has 2 saturated heterocycles. The molecular weight excluding hydrogens is 357 g/mol. The van der Waals surface area contributed by atoms with Crippen LogP contribution in [0, 0.1) is 5.41 Å². The molecule has 1 aromatic carbocycles. The summed E-state index contributed by atoms with van der Waals surface area (Å²) in [5.74, 6) is -0.697. The number of piperidine rings is 2. The van der Waals surface area contributed by atoms with Gasteiger partial charge in [0.1, 0.15) is 6.42 Å². The van der Waals surface area contributed by atoms with Crippen LogP contribution >= 0.6 is 0 Å². The third kappa shape index (κ3) is 5.23. The lowest BCUT2D eigenvalue weighted by molar-refractivity contribution is -0.164. The topological polar surface area (TPSA) is 40.6 Å². The van der Waals surface area contributed by atoms with Crippen molar-refractivity contribution in [2.24, 2.45) is 5.41 Å². The molecule has 0 unspecified atom stereocenters. The highest BCUT2D eigenvalue weighted by Gasteiger charge is 2.42. The van der Waals surface area contributed by atoms with Gasteiger partial charge < -0.3 is 9.80 Å². The molecule has 3 rings (SSSR count). The van der Waals surface area contributed by atoms with Gasteiger partial charge in [-0.25, -0.2) is 0 Å². The summed E-state index contributed by atoms with van der Waals surface area (Å²) in [5, 5.41) is 0. The predicted molar refractivity (Wildman–Crippen MR) is 94.9 cm³/mol. The van der Waals surface area contributed by atoms with Gasteiger partial charge >= 0.3 is 6.18 Å². The lowest BCUT2D eigenvalue weighted by Gasteiger charge is -2.47. The average Bonchev–Trinajstić information content (AvgIpc) is 2.63. The fourth-order valence-corrected chi connectivity index (χ4v) is 4.14. The van der Waals surface area contributed by atoms with Gasteiger partial charge in [-0.3, -0.25) is 9.59 Å². The Labute approximate surface area is 157 Å². The fourth-order valence-electron chi connectivity index (χ4n) is 4.14. The molecule has 0 N–H and O–H groups in total. The third-order valence-electron chi connectivity index (χ3n) is 5.79. The zero-order chi connectivity index (χ0) is 19.5. The van der Waals surface area contributed by atoms with Crippen LogP contribution in [0.4, 0.5) is 13.2 Å². The van der Waals surface area contributed by atoms with E-state index < -0.39 is 18.5 Å². The predicted octanol–water partition coefficient (Wildman–Crippen LogP) is 3.41. The molecule has 148 valence electrons. The molecule has 1 spiro atoms. The van der Waals surface area contributed by atoms with Crippen LogP contribution in [0.5, 0.6) is 0 Å². The first-order chi connectivity index (χ1) is 12.8. The number of nitrogens with zero attached hydrogens (tertiary/aromatic N) is 2. The van der Waals surface area contributed by atoms with E-state index >= 15 is 0 Å². The molecule has 2 aliphatic rings. The van der Waals surface area contributed by atoms with E-state index in [1.165, 1.54) is 10.5 Å². The summed E-state index contributed by atoms with van der Waals surface area (Å²) < 4.78 is 37.3. The van der Waals surface area contributed by atoms with Gasteiger partial charge in [0.05, 0.1) is 0 Å². The van der Waals surface area contributed by atoms with E-state index in [0.717, 1.165) is 12.8 Å². The summed E-state index contributed by atoms with van der Waals surface area (Å²) in [6.45, 7) is 1.98. The van der Waals surface area contributed by atoms with Crippen LogP contribution in [0.25, 0.3) is 0 Å². The van der Waals surface area contributed by atoms with E-state index in [1.807, 2.05) is 35.2 Å². The zero-order valence-electron chi connectivity index (χ0n) is 15.3. The van der Waals surface area contributed by atoms with Crippen LogP contribution in [-0.4, -0.2) is 54.0 Å².